The highest BCUT2D eigenvalue weighted by molar-refractivity contribution is 5.49. The summed E-state index contributed by atoms with van der Waals surface area (Å²) in [6.45, 7) is 4.36. The van der Waals surface area contributed by atoms with Crippen LogP contribution in [0.3, 0.4) is 0 Å². The summed E-state index contributed by atoms with van der Waals surface area (Å²) in [6, 6.07) is 6.62. The number of rotatable bonds is 2. The van der Waals surface area contributed by atoms with Crippen LogP contribution in [-0.2, 0) is 6.42 Å². The third-order valence-corrected chi connectivity index (χ3v) is 2.22. The smallest absolute Gasteiger partial charge is 0.0363 e. The molecule has 12 heavy (non-hydrogen) atoms. The lowest BCUT2D eigenvalue weighted by atomic mass is 10.1. The monoisotopic (exact) mass is 163 g/mol. The number of nitrogens with zero attached hydrogens (tertiary/aromatic N) is 1. The van der Waals surface area contributed by atoms with Gasteiger partial charge in [0.25, 0.3) is 0 Å². The summed E-state index contributed by atoms with van der Waals surface area (Å²) < 4.78 is 0. The Morgan fingerprint density at radius 1 is 1.25 bits per heavy atom. The summed E-state index contributed by atoms with van der Waals surface area (Å²) in [7, 11) is 4.14. The van der Waals surface area contributed by atoms with Crippen molar-refractivity contribution in [1.29, 1.82) is 0 Å². The van der Waals surface area contributed by atoms with Gasteiger partial charge in [-0.2, -0.15) is 0 Å². The van der Waals surface area contributed by atoms with Crippen molar-refractivity contribution in [2.75, 3.05) is 19.0 Å². The summed E-state index contributed by atoms with van der Waals surface area (Å²) in [5, 5.41) is 0. The molecule has 0 N–H and O–H groups in total. The lowest BCUT2D eigenvalue weighted by Crippen LogP contribution is -2.08. The molecular weight excluding hydrogens is 146 g/mol. The molecule has 0 bridgehead atoms. The van der Waals surface area contributed by atoms with Crippen molar-refractivity contribution in [3.8, 4) is 0 Å². The third-order valence-electron chi connectivity index (χ3n) is 2.22. The predicted octanol–water partition coefficient (Wildman–Crippen LogP) is 2.62. The highest BCUT2D eigenvalue weighted by Gasteiger charge is 1.98. The van der Waals surface area contributed by atoms with Gasteiger partial charge >= 0.3 is 0 Å². The quantitative estimate of drug-likeness (QED) is 0.648. The van der Waals surface area contributed by atoms with Crippen molar-refractivity contribution in [2.45, 2.75) is 20.3 Å². The van der Waals surface area contributed by atoms with Crippen molar-refractivity contribution >= 4 is 5.69 Å². The normalized spacial score (nSPS) is 10.0. The molecule has 1 nitrogen and oxygen atoms in total. The van der Waals surface area contributed by atoms with Gasteiger partial charge in [0.15, 0.2) is 0 Å². The average Bonchev–Trinajstić information content (AvgIpc) is 2.04. The lowest BCUT2D eigenvalue weighted by molar-refractivity contribution is 1.08. The Hall–Kier alpha value is -0.980. The molecule has 0 spiro atoms. The van der Waals surface area contributed by atoms with E-state index in [1.165, 1.54) is 16.8 Å². The number of hydrogen-bond acceptors (Lipinski definition) is 1. The van der Waals surface area contributed by atoms with E-state index in [4.69, 9.17) is 0 Å². The van der Waals surface area contributed by atoms with Crippen molar-refractivity contribution in [3.63, 3.8) is 0 Å². The first kappa shape index (κ1) is 9.11. The summed E-state index contributed by atoms with van der Waals surface area (Å²) in [6.07, 6.45) is 1.12. The minimum Gasteiger partial charge on any atom is -0.378 e. The van der Waals surface area contributed by atoms with Crippen LogP contribution in [0, 0.1) is 6.92 Å². The van der Waals surface area contributed by atoms with E-state index in [0.29, 0.717) is 0 Å². The van der Waals surface area contributed by atoms with Crippen LogP contribution in [0.1, 0.15) is 18.1 Å². The van der Waals surface area contributed by atoms with Crippen molar-refractivity contribution in [2.24, 2.45) is 0 Å². The molecule has 1 rings (SSSR count). The Kier molecular flexibility index (Phi) is 2.74. The van der Waals surface area contributed by atoms with E-state index in [0.717, 1.165) is 6.42 Å². The first-order valence-corrected chi connectivity index (χ1v) is 4.42. The maximum absolute atomic E-state index is 2.23. The van der Waals surface area contributed by atoms with Gasteiger partial charge in [-0.25, -0.2) is 0 Å². The summed E-state index contributed by atoms with van der Waals surface area (Å²) in [5.74, 6) is 0. The first-order chi connectivity index (χ1) is 5.65. The molecular formula is C11H17N. The molecule has 0 atom stereocenters. The molecule has 1 heteroatoms. The minimum atomic E-state index is 1.12. The second-order valence-corrected chi connectivity index (χ2v) is 3.36. The molecule has 0 aliphatic carbocycles. The molecule has 0 heterocycles. The number of aryl methyl sites for hydroxylation is 2. The highest BCUT2D eigenvalue weighted by atomic mass is 15.1. The molecule has 0 aromatic heterocycles. The lowest BCUT2D eigenvalue weighted by Gasteiger charge is -2.14. The van der Waals surface area contributed by atoms with E-state index >= 15 is 0 Å². The molecule has 0 radical (unpaired) electrons. The SMILES string of the molecule is CCc1ccc(N(C)C)cc1C. The molecule has 1 aromatic carbocycles. The highest BCUT2D eigenvalue weighted by Crippen LogP contribution is 2.17. The predicted molar refractivity (Wildman–Crippen MR) is 54.9 cm³/mol. The number of anilines is 1. The molecule has 1 aromatic rings. The zero-order valence-corrected chi connectivity index (χ0v) is 8.39. The van der Waals surface area contributed by atoms with Gasteiger partial charge in [-0.1, -0.05) is 13.0 Å². The van der Waals surface area contributed by atoms with Gasteiger partial charge in [-0.05, 0) is 36.6 Å². The summed E-state index contributed by atoms with van der Waals surface area (Å²) in [4.78, 5) is 2.13. The van der Waals surface area contributed by atoms with Crippen LogP contribution in [0.4, 0.5) is 5.69 Å². The largest absolute Gasteiger partial charge is 0.378 e. The van der Waals surface area contributed by atoms with Crippen LogP contribution >= 0.6 is 0 Å². The maximum atomic E-state index is 2.23. The van der Waals surface area contributed by atoms with Crippen LogP contribution < -0.4 is 4.90 Å². The van der Waals surface area contributed by atoms with Crippen LogP contribution in [0.25, 0.3) is 0 Å². The van der Waals surface area contributed by atoms with Crippen molar-refractivity contribution in [1.82, 2.24) is 0 Å². The Morgan fingerprint density at radius 3 is 2.33 bits per heavy atom. The van der Waals surface area contributed by atoms with E-state index in [1.54, 1.807) is 0 Å². The van der Waals surface area contributed by atoms with Gasteiger partial charge in [0, 0.05) is 19.8 Å². The fraction of sp³-hybridized carbons (Fsp3) is 0.455. The number of hydrogen-bond donors (Lipinski definition) is 0. The molecule has 0 unspecified atom stereocenters. The molecule has 0 fully saturated rings. The van der Waals surface area contributed by atoms with Gasteiger partial charge in [-0.15, -0.1) is 0 Å². The van der Waals surface area contributed by atoms with E-state index < -0.39 is 0 Å². The molecule has 66 valence electrons. The van der Waals surface area contributed by atoms with Crippen LogP contribution in [0.2, 0.25) is 0 Å². The summed E-state index contributed by atoms with van der Waals surface area (Å²) >= 11 is 0. The van der Waals surface area contributed by atoms with Crippen LogP contribution in [0.15, 0.2) is 18.2 Å². The Bertz CT molecular complexity index is 264. The van der Waals surface area contributed by atoms with E-state index in [2.05, 4.69) is 51.0 Å². The minimum absolute atomic E-state index is 1.12. The van der Waals surface area contributed by atoms with E-state index in [1.807, 2.05) is 0 Å². The Balaban J connectivity index is 3.02. The summed E-state index contributed by atoms with van der Waals surface area (Å²) in [5.41, 5.74) is 4.12. The van der Waals surface area contributed by atoms with Crippen molar-refractivity contribution in [3.05, 3.63) is 29.3 Å². The Labute approximate surface area is 75.0 Å². The van der Waals surface area contributed by atoms with Crippen molar-refractivity contribution < 1.29 is 0 Å². The van der Waals surface area contributed by atoms with Crippen LogP contribution in [0.5, 0.6) is 0 Å². The second kappa shape index (κ2) is 3.61. The molecule has 0 saturated heterocycles. The van der Waals surface area contributed by atoms with E-state index in [9.17, 15) is 0 Å². The standard InChI is InChI=1S/C11H17N/c1-5-10-6-7-11(12(3)4)8-9(10)2/h6-8H,5H2,1-4H3. The fourth-order valence-electron chi connectivity index (χ4n) is 1.35. The molecule has 0 aliphatic heterocycles. The molecule has 0 saturated carbocycles. The second-order valence-electron chi connectivity index (χ2n) is 3.36. The molecule has 0 amide bonds. The fourth-order valence-corrected chi connectivity index (χ4v) is 1.35. The first-order valence-electron chi connectivity index (χ1n) is 4.42. The van der Waals surface area contributed by atoms with Gasteiger partial charge in [0.1, 0.15) is 0 Å². The van der Waals surface area contributed by atoms with Gasteiger partial charge in [0.05, 0.1) is 0 Å². The van der Waals surface area contributed by atoms with Gasteiger partial charge < -0.3 is 4.90 Å². The van der Waals surface area contributed by atoms with Gasteiger partial charge in [0.2, 0.25) is 0 Å². The maximum Gasteiger partial charge on any atom is 0.0363 e. The van der Waals surface area contributed by atoms with Gasteiger partial charge in [-0.3, -0.25) is 0 Å². The zero-order chi connectivity index (χ0) is 9.14. The zero-order valence-electron chi connectivity index (χ0n) is 8.39. The topological polar surface area (TPSA) is 3.24 Å². The third kappa shape index (κ3) is 1.79. The van der Waals surface area contributed by atoms with Crippen LogP contribution in [-0.4, -0.2) is 14.1 Å². The molecule has 0 aliphatic rings. The van der Waals surface area contributed by atoms with E-state index in [-0.39, 0.29) is 0 Å². The average molecular weight is 163 g/mol. The Morgan fingerprint density at radius 2 is 1.92 bits per heavy atom. The number of benzene rings is 1.